The summed E-state index contributed by atoms with van der Waals surface area (Å²) < 4.78 is 35.4. The topological polar surface area (TPSA) is 20.3 Å². The van der Waals surface area contributed by atoms with Gasteiger partial charge in [0.2, 0.25) is 0 Å². The van der Waals surface area contributed by atoms with Crippen molar-refractivity contribution in [1.29, 1.82) is 0 Å². The first-order valence-electron chi connectivity index (χ1n) is 4.50. The third kappa shape index (κ3) is 6.88. The predicted molar refractivity (Wildman–Crippen MR) is 48.0 cm³/mol. The molecule has 0 fully saturated rings. The minimum absolute atomic E-state index is 0.0327. The lowest BCUT2D eigenvalue weighted by Gasteiger charge is -2.17. The van der Waals surface area contributed by atoms with Gasteiger partial charge in [0.15, 0.2) is 0 Å². The Hall–Kier alpha value is -0.580. The van der Waals surface area contributed by atoms with Gasteiger partial charge in [-0.05, 0) is 7.05 Å². The first-order valence-corrected chi connectivity index (χ1v) is 4.50. The van der Waals surface area contributed by atoms with Crippen molar-refractivity contribution in [2.45, 2.75) is 26.4 Å². The van der Waals surface area contributed by atoms with E-state index in [1.165, 1.54) is 11.9 Å². The van der Waals surface area contributed by atoms with Crippen LogP contribution in [0.4, 0.5) is 13.2 Å². The van der Waals surface area contributed by atoms with Crippen molar-refractivity contribution in [2.75, 3.05) is 20.1 Å². The number of nitrogens with zero attached hydrogens (tertiary/aromatic N) is 1. The lowest BCUT2D eigenvalue weighted by Crippen LogP contribution is -2.31. The number of hydrogen-bond donors (Lipinski definition) is 0. The molecule has 0 bridgehead atoms. The Morgan fingerprint density at radius 1 is 1.36 bits per heavy atom. The Morgan fingerprint density at radius 2 is 1.86 bits per heavy atom. The summed E-state index contributed by atoms with van der Waals surface area (Å²) in [4.78, 5) is 12.6. The Bertz CT molecular complexity index is 189. The first-order chi connectivity index (χ1) is 6.22. The number of likely N-dealkylation sites (N-methyl/N-ethyl adjacent to an activating group) is 1. The standard InChI is InChI=1S/C9H16F3NO/c1-7(2)8(14)6-13(3)5-4-9(10,11)12/h7H,4-6H2,1-3H3. The summed E-state index contributed by atoms with van der Waals surface area (Å²) in [6.07, 6.45) is -5.01. The fraction of sp³-hybridized carbons (Fsp3) is 0.889. The van der Waals surface area contributed by atoms with Gasteiger partial charge in [0.1, 0.15) is 5.78 Å². The Labute approximate surface area is 82.1 Å². The molecule has 0 aliphatic carbocycles. The molecule has 0 rings (SSSR count). The van der Waals surface area contributed by atoms with Crippen molar-refractivity contribution in [1.82, 2.24) is 4.90 Å². The van der Waals surface area contributed by atoms with E-state index in [9.17, 15) is 18.0 Å². The zero-order chi connectivity index (χ0) is 11.4. The highest BCUT2D eigenvalue weighted by Gasteiger charge is 2.27. The number of halogens is 3. The Balaban J connectivity index is 3.77. The van der Waals surface area contributed by atoms with E-state index in [-0.39, 0.29) is 24.8 Å². The van der Waals surface area contributed by atoms with Gasteiger partial charge in [-0.3, -0.25) is 9.69 Å². The van der Waals surface area contributed by atoms with Gasteiger partial charge in [0.25, 0.3) is 0 Å². The van der Waals surface area contributed by atoms with Gasteiger partial charge in [0, 0.05) is 12.5 Å². The molecular formula is C9H16F3NO. The van der Waals surface area contributed by atoms with Gasteiger partial charge in [-0.25, -0.2) is 0 Å². The third-order valence-electron chi connectivity index (χ3n) is 1.85. The summed E-state index contributed by atoms with van der Waals surface area (Å²) in [5.74, 6) is -0.155. The van der Waals surface area contributed by atoms with Crippen LogP contribution in [0.5, 0.6) is 0 Å². The monoisotopic (exact) mass is 211 g/mol. The Kier molecular flexibility index (Phi) is 5.12. The molecule has 0 saturated heterocycles. The molecule has 0 aliphatic heterocycles. The molecule has 0 atom stereocenters. The fourth-order valence-electron chi connectivity index (χ4n) is 0.845. The highest BCUT2D eigenvalue weighted by Crippen LogP contribution is 2.19. The van der Waals surface area contributed by atoms with E-state index in [0.717, 1.165) is 0 Å². The quantitative estimate of drug-likeness (QED) is 0.694. The molecule has 0 heterocycles. The maximum absolute atomic E-state index is 11.8. The second kappa shape index (κ2) is 5.34. The van der Waals surface area contributed by atoms with E-state index in [0.29, 0.717) is 0 Å². The third-order valence-corrected chi connectivity index (χ3v) is 1.85. The van der Waals surface area contributed by atoms with Crippen molar-refractivity contribution in [3.05, 3.63) is 0 Å². The molecule has 0 aromatic carbocycles. The largest absolute Gasteiger partial charge is 0.390 e. The maximum Gasteiger partial charge on any atom is 0.390 e. The van der Waals surface area contributed by atoms with Crippen LogP contribution in [0.1, 0.15) is 20.3 Å². The van der Waals surface area contributed by atoms with Gasteiger partial charge in [-0.1, -0.05) is 13.8 Å². The smallest absolute Gasteiger partial charge is 0.299 e. The zero-order valence-electron chi connectivity index (χ0n) is 8.69. The van der Waals surface area contributed by atoms with Crippen LogP contribution in [0.3, 0.4) is 0 Å². The van der Waals surface area contributed by atoms with Crippen LogP contribution in [0, 0.1) is 5.92 Å². The van der Waals surface area contributed by atoms with E-state index in [1.807, 2.05) is 0 Å². The van der Waals surface area contributed by atoms with E-state index < -0.39 is 12.6 Å². The summed E-state index contributed by atoms with van der Waals surface area (Å²) in [6, 6.07) is 0. The van der Waals surface area contributed by atoms with Crippen LogP contribution in [-0.2, 0) is 4.79 Å². The molecule has 14 heavy (non-hydrogen) atoms. The molecule has 0 aliphatic rings. The number of alkyl halides is 3. The van der Waals surface area contributed by atoms with Crippen LogP contribution in [0.15, 0.2) is 0 Å². The molecule has 0 spiro atoms. The summed E-state index contributed by atoms with van der Waals surface area (Å²) in [5.41, 5.74) is 0. The lowest BCUT2D eigenvalue weighted by molar-refractivity contribution is -0.139. The average Bonchev–Trinajstić information content (AvgIpc) is 1.99. The molecule has 0 radical (unpaired) electrons. The summed E-state index contributed by atoms with van der Waals surface area (Å²) in [5, 5.41) is 0. The van der Waals surface area contributed by atoms with Crippen LogP contribution in [-0.4, -0.2) is 37.0 Å². The number of hydrogen-bond acceptors (Lipinski definition) is 2. The lowest BCUT2D eigenvalue weighted by atomic mass is 10.1. The molecule has 5 heteroatoms. The minimum atomic E-state index is -4.14. The molecule has 0 amide bonds. The van der Waals surface area contributed by atoms with Crippen molar-refractivity contribution >= 4 is 5.78 Å². The molecule has 0 unspecified atom stereocenters. The SMILES string of the molecule is CC(C)C(=O)CN(C)CCC(F)(F)F. The number of rotatable bonds is 5. The van der Waals surface area contributed by atoms with E-state index in [1.54, 1.807) is 13.8 Å². The molecular weight excluding hydrogens is 195 g/mol. The molecule has 0 aromatic heterocycles. The van der Waals surface area contributed by atoms with Crippen molar-refractivity contribution in [2.24, 2.45) is 5.92 Å². The maximum atomic E-state index is 11.8. The number of carbonyl (C=O) groups excluding carboxylic acids is 1. The molecule has 0 saturated carbocycles. The zero-order valence-corrected chi connectivity index (χ0v) is 8.69. The van der Waals surface area contributed by atoms with Crippen molar-refractivity contribution < 1.29 is 18.0 Å². The highest BCUT2D eigenvalue weighted by atomic mass is 19.4. The number of ketones is 1. The van der Waals surface area contributed by atoms with Gasteiger partial charge in [0.05, 0.1) is 13.0 Å². The fourth-order valence-corrected chi connectivity index (χ4v) is 0.845. The van der Waals surface area contributed by atoms with Crippen molar-refractivity contribution in [3.63, 3.8) is 0 Å². The molecule has 2 nitrogen and oxygen atoms in total. The van der Waals surface area contributed by atoms with Gasteiger partial charge in [-0.2, -0.15) is 13.2 Å². The predicted octanol–water partition coefficient (Wildman–Crippen LogP) is 2.10. The second-order valence-corrected chi connectivity index (χ2v) is 3.72. The first kappa shape index (κ1) is 13.4. The van der Waals surface area contributed by atoms with Crippen molar-refractivity contribution in [3.8, 4) is 0 Å². The van der Waals surface area contributed by atoms with Gasteiger partial charge in [-0.15, -0.1) is 0 Å². The van der Waals surface area contributed by atoms with E-state index in [2.05, 4.69) is 0 Å². The van der Waals surface area contributed by atoms with Gasteiger partial charge >= 0.3 is 6.18 Å². The average molecular weight is 211 g/mol. The number of Topliss-reactive ketones (excluding diaryl/α,β-unsaturated/α-hetero) is 1. The number of carbonyl (C=O) groups is 1. The summed E-state index contributed by atoms with van der Waals surface area (Å²) in [6.45, 7) is 3.44. The van der Waals surface area contributed by atoms with Crippen LogP contribution in [0.25, 0.3) is 0 Å². The van der Waals surface area contributed by atoms with E-state index >= 15 is 0 Å². The molecule has 0 N–H and O–H groups in total. The van der Waals surface area contributed by atoms with Crippen LogP contribution < -0.4 is 0 Å². The Morgan fingerprint density at radius 3 is 2.21 bits per heavy atom. The summed E-state index contributed by atoms with van der Waals surface area (Å²) >= 11 is 0. The molecule has 0 aromatic rings. The highest BCUT2D eigenvalue weighted by molar-refractivity contribution is 5.82. The van der Waals surface area contributed by atoms with E-state index in [4.69, 9.17) is 0 Å². The van der Waals surface area contributed by atoms with Crippen LogP contribution in [0.2, 0.25) is 0 Å². The van der Waals surface area contributed by atoms with Gasteiger partial charge < -0.3 is 0 Å². The second-order valence-electron chi connectivity index (χ2n) is 3.72. The summed E-state index contributed by atoms with van der Waals surface area (Å²) in [7, 11) is 1.52. The van der Waals surface area contributed by atoms with Crippen LogP contribution >= 0.6 is 0 Å². The molecule has 84 valence electrons. The normalized spacial score (nSPS) is 12.6. The minimum Gasteiger partial charge on any atom is -0.299 e.